The summed E-state index contributed by atoms with van der Waals surface area (Å²) in [6.07, 6.45) is 6.01. The number of carbonyl (C=O) groups is 3. The van der Waals surface area contributed by atoms with E-state index in [4.69, 9.17) is 11.6 Å². The number of aromatic nitrogens is 1. The summed E-state index contributed by atoms with van der Waals surface area (Å²) in [5, 5.41) is 0.890. The van der Waals surface area contributed by atoms with Crippen molar-refractivity contribution in [2.45, 2.75) is 32.1 Å². The number of rotatable bonds is 5. The fourth-order valence-electron chi connectivity index (χ4n) is 5.39. The second kappa shape index (κ2) is 10.1. The third-order valence-electron chi connectivity index (χ3n) is 7.48. The van der Waals surface area contributed by atoms with Crippen LogP contribution in [-0.4, -0.2) is 58.1 Å². The molecule has 3 heterocycles. The van der Waals surface area contributed by atoms with Crippen LogP contribution >= 0.6 is 11.6 Å². The number of benzene rings is 2. The number of aryl methyl sites for hydroxylation is 1. The molecule has 0 saturated carbocycles. The van der Waals surface area contributed by atoms with E-state index in [-0.39, 0.29) is 11.7 Å². The molecule has 3 aromatic rings. The average molecular weight is 510 g/mol. The van der Waals surface area contributed by atoms with Gasteiger partial charge < -0.3 is 14.4 Å². The first kappa shape index (κ1) is 24.5. The lowest BCUT2D eigenvalue weighted by Gasteiger charge is -2.32. The highest BCUT2D eigenvalue weighted by Crippen LogP contribution is 2.31. The fourth-order valence-corrected chi connectivity index (χ4v) is 5.63. The maximum Gasteiger partial charge on any atom is 0.295 e. The van der Waals surface area contributed by atoms with Crippen LogP contribution in [0, 0.1) is 11.7 Å². The second-order valence-electron chi connectivity index (χ2n) is 9.90. The third kappa shape index (κ3) is 4.76. The molecule has 2 saturated heterocycles. The van der Waals surface area contributed by atoms with Crippen LogP contribution in [0.5, 0.6) is 0 Å². The second-order valence-corrected chi connectivity index (χ2v) is 10.3. The molecule has 36 heavy (non-hydrogen) atoms. The molecule has 0 aliphatic carbocycles. The molecule has 188 valence electrons. The summed E-state index contributed by atoms with van der Waals surface area (Å²) in [7, 11) is 1.79. The number of piperidine rings is 1. The number of ketones is 1. The van der Waals surface area contributed by atoms with Crippen molar-refractivity contribution in [3.8, 4) is 0 Å². The number of nitrogens with zero attached hydrogens (tertiary/aromatic N) is 3. The molecule has 0 atom stereocenters. The van der Waals surface area contributed by atoms with Gasteiger partial charge >= 0.3 is 0 Å². The van der Waals surface area contributed by atoms with Crippen molar-refractivity contribution < 1.29 is 18.8 Å². The van der Waals surface area contributed by atoms with Gasteiger partial charge in [-0.15, -0.1) is 0 Å². The van der Waals surface area contributed by atoms with Crippen LogP contribution in [0.2, 0.25) is 5.02 Å². The number of hydrogen-bond donors (Lipinski definition) is 0. The predicted molar refractivity (Wildman–Crippen MR) is 137 cm³/mol. The van der Waals surface area contributed by atoms with Gasteiger partial charge in [0.2, 0.25) is 0 Å². The third-order valence-corrected chi connectivity index (χ3v) is 7.79. The lowest BCUT2D eigenvalue weighted by atomic mass is 9.90. The van der Waals surface area contributed by atoms with E-state index in [1.165, 1.54) is 12.1 Å². The quantitative estimate of drug-likeness (QED) is 0.364. The minimum Gasteiger partial charge on any atom is -0.350 e. The lowest BCUT2D eigenvalue weighted by Crippen LogP contribution is -2.39. The molecule has 0 bridgehead atoms. The first-order chi connectivity index (χ1) is 17.3. The molecular weight excluding hydrogens is 481 g/mol. The largest absolute Gasteiger partial charge is 0.350 e. The van der Waals surface area contributed by atoms with Crippen LogP contribution in [0.15, 0.2) is 42.6 Å². The number of carbonyl (C=O) groups excluding carboxylic acids is 3. The van der Waals surface area contributed by atoms with Crippen molar-refractivity contribution in [1.82, 2.24) is 14.4 Å². The molecule has 1 aromatic heterocycles. The van der Waals surface area contributed by atoms with Crippen molar-refractivity contribution in [2.75, 3.05) is 26.2 Å². The van der Waals surface area contributed by atoms with Crippen molar-refractivity contribution in [1.29, 1.82) is 0 Å². The highest BCUT2D eigenvalue weighted by Gasteiger charge is 2.30. The molecule has 2 aliphatic heterocycles. The molecule has 2 aromatic carbocycles. The van der Waals surface area contributed by atoms with Gasteiger partial charge in [-0.25, -0.2) is 4.39 Å². The Morgan fingerprint density at radius 3 is 2.28 bits per heavy atom. The topological polar surface area (TPSA) is 62.6 Å². The zero-order chi connectivity index (χ0) is 25.4. The van der Waals surface area contributed by atoms with Gasteiger partial charge in [-0.2, -0.15) is 0 Å². The number of Topliss-reactive ketones (excluding diaryl/α,β-unsaturated/α-hetero) is 1. The zero-order valence-corrected chi connectivity index (χ0v) is 21.1. The summed E-state index contributed by atoms with van der Waals surface area (Å²) >= 11 is 6.54. The van der Waals surface area contributed by atoms with Crippen LogP contribution in [0.1, 0.15) is 52.0 Å². The van der Waals surface area contributed by atoms with Gasteiger partial charge in [-0.05, 0) is 67.9 Å². The molecule has 2 amide bonds. The number of amides is 2. The number of likely N-dealkylation sites (tertiary alicyclic amines) is 2. The molecule has 0 radical (unpaired) electrons. The van der Waals surface area contributed by atoms with E-state index in [9.17, 15) is 18.8 Å². The fraction of sp³-hybridized carbons (Fsp3) is 0.393. The van der Waals surface area contributed by atoms with Gasteiger partial charge in [-0.1, -0.05) is 23.7 Å². The molecule has 2 fully saturated rings. The lowest BCUT2D eigenvalue weighted by molar-refractivity contribution is -0.125. The van der Waals surface area contributed by atoms with E-state index >= 15 is 0 Å². The van der Waals surface area contributed by atoms with Gasteiger partial charge in [0.25, 0.3) is 17.6 Å². The van der Waals surface area contributed by atoms with Crippen LogP contribution in [0.3, 0.4) is 0 Å². The molecule has 0 unspecified atom stereocenters. The smallest absolute Gasteiger partial charge is 0.295 e. The Labute approximate surface area is 214 Å². The normalized spacial score (nSPS) is 16.6. The van der Waals surface area contributed by atoms with Crippen molar-refractivity contribution in [3.05, 3.63) is 70.1 Å². The molecule has 0 spiro atoms. The summed E-state index contributed by atoms with van der Waals surface area (Å²) in [6.45, 7) is 2.41. The first-order valence-electron chi connectivity index (χ1n) is 12.5. The maximum atomic E-state index is 13.4. The van der Waals surface area contributed by atoms with Crippen molar-refractivity contribution in [2.24, 2.45) is 13.0 Å². The average Bonchev–Trinajstić information content (AvgIpc) is 3.53. The molecule has 2 aliphatic rings. The van der Waals surface area contributed by atoms with Gasteiger partial charge in [0, 0.05) is 44.8 Å². The monoisotopic (exact) mass is 509 g/mol. The van der Waals surface area contributed by atoms with Gasteiger partial charge in [0.05, 0.1) is 21.7 Å². The molecule has 5 rings (SSSR count). The Kier molecular flexibility index (Phi) is 6.84. The Morgan fingerprint density at radius 1 is 0.944 bits per heavy atom. The predicted octanol–water partition coefficient (Wildman–Crippen LogP) is 4.87. The van der Waals surface area contributed by atoms with E-state index in [1.807, 2.05) is 12.1 Å². The van der Waals surface area contributed by atoms with Crippen LogP contribution in [-0.2, 0) is 18.3 Å². The minimum absolute atomic E-state index is 0.171. The zero-order valence-electron chi connectivity index (χ0n) is 20.3. The summed E-state index contributed by atoms with van der Waals surface area (Å²) in [5.41, 5.74) is 2.44. The van der Waals surface area contributed by atoms with E-state index < -0.39 is 11.7 Å². The highest BCUT2D eigenvalue weighted by atomic mass is 35.5. The summed E-state index contributed by atoms with van der Waals surface area (Å²) < 4.78 is 14.9. The number of fused-ring (bicyclic) bond motifs is 1. The Bertz CT molecular complexity index is 1320. The summed E-state index contributed by atoms with van der Waals surface area (Å²) in [6, 6.07) is 9.95. The first-order valence-corrected chi connectivity index (χ1v) is 12.9. The van der Waals surface area contributed by atoms with Gasteiger partial charge in [-0.3, -0.25) is 14.4 Å². The van der Waals surface area contributed by atoms with E-state index in [1.54, 1.807) is 39.7 Å². The Morgan fingerprint density at radius 2 is 1.61 bits per heavy atom. The van der Waals surface area contributed by atoms with Crippen molar-refractivity contribution >= 4 is 40.1 Å². The SMILES string of the molecule is Cn1cc(C(=O)C(=O)N2CCCC2)c2cc(C(=O)N3CCC(Cc4ccc(F)cc4)CC3)c(Cl)cc21. The van der Waals surface area contributed by atoms with Crippen molar-refractivity contribution in [3.63, 3.8) is 0 Å². The molecular formula is C28H29ClFN3O3. The van der Waals surface area contributed by atoms with Gasteiger partial charge in [0.1, 0.15) is 5.82 Å². The van der Waals surface area contributed by atoms with Crippen LogP contribution < -0.4 is 0 Å². The summed E-state index contributed by atoms with van der Waals surface area (Å²) in [4.78, 5) is 42.7. The molecule has 6 nitrogen and oxygen atoms in total. The number of halogens is 2. The highest BCUT2D eigenvalue weighted by molar-refractivity contribution is 6.45. The minimum atomic E-state index is -0.551. The van der Waals surface area contributed by atoms with E-state index in [0.717, 1.165) is 37.7 Å². The van der Waals surface area contributed by atoms with E-state index in [2.05, 4.69) is 0 Å². The number of hydrogen-bond acceptors (Lipinski definition) is 3. The standard InChI is InChI=1S/C28H29ClFN3O3/c1-31-17-23(26(34)28(36)32-10-2-3-11-32)21-15-22(24(29)16-25(21)31)27(35)33-12-8-19(9-13-33)14-18-4-6-20(30)7-5-18/h4-7,15-17,19H,2-3,8-14H2,1H3. The molecule has 8 heteroatoms. The molecule has 0 N–H and O–H groups in total. The van der Waals surface area contributed by atoms with Crippen LogP contribution in [0.4, 0.5) is 4.39 Å². The van der Waals surface area contributed by atoms with Crippen LogP contribution in [0.25, 0.3) is 10.9 Å². The van der Waals surface area contributed by atoms with E-state index in [0.29, 0.717) is 59.1 Å². The Hall–Kier alpha value is -3.19. The Balaban J connectivity index is 1.33. The van der Waals surface area contributed by atoms with Gasteiger partial charge in [0.15, 0.2) is 0 Å². The summed E-state index contributed by atoms with van der Waals surface area (Å²) in [5.74, 6) is -1.03. The maximum absolute atomic E-state index is 13.4.